The van der Waals surface area contributed by atoms with E-state index in [1.54, 1.807) is 7.05 Å². The molecule has 1 aliphatic heterocycles. The highest BCUT2D eigenvalue weighted by Gasteiger charge is 2.20. The molecule has 2 rings (SSSR count). The summed E-state index contributed by atoms with van der Waals surface area (Å²) in [5, 5.41) is 6.71. The van der Waals surface area contributed by atoms with E-state index in [0.29, 0.717) is 12.6 Å². The van der Waals surface area contributed by atoms with Crippen LogP contribution in [0.3, 0.4) is 0 Å². The molecular weight excluding hydrogens is 309 g/mol. The molecule has 118 valence electrons. The molecule has 0 radical (unpaired) electrons. The van der Waals surface area contributed by atoms with Crippen molar-refractivity contribution in [3.8, 4) is 0 Å². The molecule has 6 heteroatoms. The second kappa shape index (κ2) is 9.26. The lowest BCUT2D eigenvalue weighted by Gasteiger charge is -2.32. The van der Waals surface area contributed by atoms with Gasteiger partial charge < -0.3 is 10.6 Å². The monoisotopic (exact) mass is 331 g/mol. The van der Waals surface area contributed by atoms with E-state index in [0.717, 1.165) is 37.5 Å². The Labute approximate surface area is 137 Å². The van der Waals surface area contributed by atoms with Crippen LogP contribution in [0.4, 0.5) is 0 Å². The van der Waals surface area contributed by atoms with Gasteiger partial charge in [-0.05, 0) is 37.6 Å². The lowest BCUT2D eigenvalue weighted by atomic mass is 10.0. The lowest BCUT2D eigenvalue weighted by molar-refractivity contribution is -0.121. The maximum absolute atomic E-state index is 11.5. The second-order valence-electron chi connectivity index (χ2n) is 5.27. The van der Waals surface area contributed by atoms with Gasteiger partial charge in [0.15, 0.2) is 0 Å². The molecule has 0 atom stereocenters. The van der Waals surface area contributed by atoms with Gasteiger partial charge in [-0.15, -0.1) is 12.4 Å². The van der Waals surface area contributed by atoms with Crippen LogP contribution >= 0.6 is 24.0 Å². The van der Waals surface area contributed by atoms with Crippen LogP contribution in [-0.2, 0) is 11.3 Å². The summed E-state index contributed by atoms with van der Waals surface area (Å²) in [6, 6.07) is 8.33. The minimum Gasteiger partial charge on any atom is -0.352 e. The van der Waals surface area contributed by atoms with Crippen LogP contribution in [0.1, 0.15) is 18.4 Å². The van der Waals surface area contributed by atoms with Gasteiger partial charge in [-0.25, -0.2) is 0 Å². The van der Waals surface area contributed by atoms with Crippen molar-refractivity contribution in [1.82, 2.24) is 15.5 Å². The maximum atomic E-state index is 11.5. The molecule has 1 saturated heterocycles. The zero-order valence-electron chi connectivity index (χ0n) is 12.3. The van der Waals surface area contributed by atoms with Crippen LogP contribution in [0, 0.1) is 0 Å². The van der Waals surface area contributed by atoms with Crippen LogP contribution < -0.4 is 10.6 Å². The summed E-state index contributed by atoms with van der Waals surface area (Å²) < 4.78 is 0. The van der Waals surface area contributed by atoms with Crippen LogP contribution in [0.5, 0.6) is 0 Å². The first-order valence-electron chi connectivity index (χ1n) is 7.08. The highest BCUT2D eigenvalue weighted by atomic mass is 35.5. The Bertz CT molecular complexity index is 431. The van der Waals surface area contributed by atoms with Crippen LogP contribution in [0.2, 0.25) is 5.02 Å². The van der Waals surface area contributed by atoms with Crippen molar-refractivity contribution in [3.63, 3.8) is 0 Å². The fraction of sp³-hybridized carbons (Fsp3) is 0.533. The SMILES string of the molecule is CNCC(=O)NC1CCN(Cc2ccc(Cl)cc2)CC1.Cl. The fourth-order valence-corrected chi connectivity index (χ4v) is 2.65. The largest absolute Gasteiger partial charge is 0.352 e. The van der Waals surface area contributed by atoms with Crippen molar-refractivity contribution in [2.24, 2.45) is 0 Å². The third-order valence-electron chi connectivity index (χ3n) is 3.61. The highest BCUT2D eigenvalue weighted by molar-refractivity contribution is 6.30. The number of likely N-dealkylation sites (N-methyl/N-ethyl adjacent to an activating group) is 1. The number of benzene rings is 1. The molecule has 0 spiro atoms. The summed E-state index contributed by atoms with van der Waals surface area (Å²) in [5.41, 5.74) is 1.28. The Morgan fingerprint density at radius 3 is 2.48 bits per heavy atom. The Kier molecular flexibility index (Phi) is 8.04. The van der Waals surface area contributed by atoms with E-state index in [1.165, 1.54) is 5.56 Å². The van der Waals surface area contributed by atoms with Crippen molar-refractivity contribution in [2.45, 2.75) is 25.4 Å². The second-order valence-corrected chi connectivity index (χ2v) is 5.71. The molecule has 1 aromatic carbocycles. The Morgan fingerprint density at radius 2 is 1.90 bits per heavy atom. The lowest BCUT2D eigenvalue weighted by Crippen LogP contribution is -2.46. The summed E-state index contributed by atoms with van der Waals surface area (Å²) in [6.07, 6.45) is 2.03. The summed E-state index contributed by atoms with van der Waals surface area (Å²) in [4.78, 5) is 13.9. The Hall–Kier alpha value is -0.810. The molecule has 4 nitrogen and oxygen atoms in total. The molecule has 1 aliphatic rings. The average molecular weight is 332 g/mol. The van der Waals surface area contributed by atoms with E-state index in [2.05, 4.69) is 27.7 Å². The molecule has 1 amide bonds. The van der Waals surface area contributed by atoms with Gasteiger partial charge in [-0.2, -0.15) is 0 Å². The molecule has 2 N–H and O–H groups in total. The number of likely N-dealkylation sites (tertiary alicyclic amines) is 1. The van der Waals surface area contributed by atoms with E-state index < -0.39 is 0 Å². The number of piperidine rings is 1. The third kappa shape index (κ3) is 6.22. The maximum Gasteiger partial charge on any atom is 0.234 e. The first-order chi connectivity index (χ1) is 9.67. The summed E-state index contributed by atoms with van der Waals surface area (Å²) in [6.45, 7) is 3.39. The summed E-state index contributed by atoms with van der Waals surface area (Å²) in [7, 11) is 1.79. The normalized spacial score (nSPS) is 16.3. The zero-order chi connectivity index (χ0) is 14.4. The molecule has 1 heterocycles. The number of nitrogens with zero attached hydrogens (tertiary/aromatic N) is 1. The zero-order valence-corrected chi connectivity index (χ0v) is 13.8. The van der Waals surface area contributed by atoms with Crippen LogP contribution in [0.15, 0.2) is 24.3 Å². The molecule has 0 bridgehead atoms. The molecule has 0 aliphatic carbocycles. The fourth-order valence-electron chi connectivity index (χ4n) is 2.52. The van der Waals surface area contributed by atoms with Crippen molar-refractivity contribution < 1.29 is 4.79 Å². The molecule has 0 saturated carbocycles. The molecule has 21 heavy (non-hydrogen) atoms. The van der Waals surface area contributed by atoms with Gasteiger partial charge in [0.1, 0.15) is 0 Å². The predicted octanol–water partition coefficient (Wildman–Crippen LogP) is 2.06. The quantitative estimate of drug-likeness (QED) is 0.868. The first kappa shape index (κ1) is 18.2. The molecule has 0 aromatic heterocycles. The predicted molar refractivity (Wildman–Crippen MR) is 89.1 cm³/mol. The van der Waals surface area contributed by atoms with Gasteiger partial charge in [0.05, 0.1) is 6.54 Å². The van der Waals surface area contributed by atoms with Crippen molar-refractivity contribution in [1.29, 1.82) is 0 Å². The third-order valence-corrected chi connectivity index (χ3v) is 3.86. The van der Waals surface area contributed by atoms with Gasteiger partial charge in [-0.1, -0.05) is 23.7 Å². The van der Waals surface area contributed by atoms with Crippen molar-refractivity contribution in [2.75, 3.05) is 26.7 Å². The topological polar surface area (TPSA) is 44.4 Å². The number of rotatable bonds is 5. The van der Waals surface area contributed by atoms with Crippen molar-refractivity contribution in [3.05, 3.63) is 34.9 Å². The summed E-state index contributed by atoms with van der Waals surface area (Å²) in [5.74, 6) is 0.0867. The number of carbonyl (C=O) groups is 1. The standard InChI is InChI=1S/C15H22ClN3O.ClH/c1-17-10-15(20)18-14-6-8-19(9-7-14)11-12-2-4-13(16)5-3-12;/h2-5,14,17H,6-11H2,1H3,(H,18,20);1H. The van der Waals surface area contributed by atoms with E-state index >= 15 is 0 Å². The van der Waals surface area contributed by atoms with Gasteiger partial charge in [0.25, 0.3) is 0 Å². The van der Waals surface area contributed by atoms with Gasteiger partial charge in [-0.3, -0.25) is 9.69 Å². The molecule has 0 unspecified atom stereocenters. The minimum absolute atomic E-state index is 0. The Balaban J connectivity index is 0.00000220. The van der Waals surface area contributed by atoms with Crippen molar-refractivity contribution >= 4 is 29.9 Å². The minimum atomic E-state index is 0. The number of nitrogens with one attached hydrogen (secondary N) is 2. The van der Waals surface area contributed by atoms with E-state index in [-0.39, 0.29) is 18.3 Å². The number of hydrogen-bond donors (Lipinski definition) is 2. The molecule has 1 aromatic rings. The highest BCUT2D eigenvalue weighted by Crippen LogP contribution is 2.15. The van der Waals surface area contributed by atoms with Gasteiger partial charge in [0.2, 0.25) is 5.91 Å². The molecule has 1 fully saturated rings. The number of amides is 1. The first-order valence-corrected chi connectivity index (χ1v) is 7.46. The van der Waals surface area contributed by atoms with E-state index in [1.807, 2.05) is 12.1 Å². The van der Waals surface area contributed by atoms with Crippen LogP contribution in [0.25, 0.3) is 0 Å². The number of hydrogen-bond acceptors (Lipinski definition) is 3. The van der Waals surface area contributed by atoms with Gasteiger partial charge in [0, 0.05) is 30.7 Å². The Morgan fingerprint density at radius 1 is 1.29 bits per heavy atom. The number of halogens is 2. The van der Waals surface area contributed by atoms with E-state index in [4.69, 9.17) is 11.6 Å². The van der Waals surface area contributed by atoms with Crippen LogP contribution in [-0.4, -0.2) is 43.5 Å². The smallest absolute Gasteiger partial charge is 0.234 e. The van der Waals surface area contributed by atoms with Gasteiger partial charge >= 0.3 is 0 Å². The molecular formula is C15H23Cl2N3O. The average Bonchev–Trinajstić information content (AvgIpc) is 2.44. The summed E-state index contributed by atoms with van der Waals surface area (Å²) >= 11 is 5.89. The number of carbonyl (C=O) groups excluding carboxylic acids is 1. The van der Waals surface area contributed by atoms with E-state index in [9.17, 15) is 4.79 Å².